The zero-order valence-corrected chi connectivity index (χ0v) is 31.2. The highest BCUT2D eigenvalue weighted by Gasteiger charge is 2.44. The lowest BCUT2D eigenvalue weighted by molar-refractivity contribution is -0.146. The summed E-state index contributed by atoms with van der Waals surface area (Å²) in [5.41, 5.74) is 10.1. The third-order valence-corrected chi connectivity index (χ3v) is 10.00. The number of nitrogens with two attached hydrogens (primary N) is 1. The molecule has 2 aromatic carbocycles. The van der Waals surface area contributed by atoms with Crippen molar-refractivity contribution in [2.45, 2.75) is 84.3 Å². The summed E-state index contributed by atoms with van der Waals surface area (Å²) in [5.74, 6) is 0.662. The van der Waals surface area contributed by atoms with Gasteiger partial charge < -0.3 is 44.5 Å². The van der Waals surface area contributed by atoms with Gasteiger partial charge in [-0.1, -0.05) is 58.0 Å². The fourth-order valence-electron chi connectivity index (χ4n) is 6.96. The third-order valence-electron chi connectivity index (χ3n) is 10.00. The summed E-state index contributed by atoms with van der Waals surface area (Å²) in [7, 11) is 5.04. The van der Waals surface area contributed by atoms with Gasteiger partial charge in [-0.3, -0.25) is 9.59 Å². The third kappa shape index (κ3) is 10.4. The van der Waals surface area contributed by atoms with Crippen LogP contribution in [0.4, 0.5) is 5.69 Å². The molecule has 50 heavy (non-hydrogen) atoms. The van der Waals surface area contributed by atoms with Crippen molar-refractivity contribution in [2.75, 3.05) is 72.2 Å². The van der Waals surface area contributed by atoms with Gasteiger partial charge in [0.05, 0.1) is 50.8 Å². The Labute approximate surface area is 299 Å². The van der Waals surface area contributed by atoms with E-state index >= 15 is 0 Å². The molecule has 3 N–H and O–H groups in total. The summed E-state index contributed by atoms with van der Waals surface area (Å²) in [5, 5.41) is 2.81. The fourth-order valence-corrected chi connectivity index (χ4v) is 6.96. The number of fused-ring (bicyclic) bond motifs is 1. The number of ether oxygens (including phenoxy) is 5. The molecular weight excluding hydrogens is 636 g/mol. The second kappa shape index (κ2) is 18.9. The normalized spacial score (nSPS) is 20.0. The molecule has 0 bridgehead atoms. The topological polar surface area (TPSA) is 125 Å². The number of piperidine rings is 1. The van der Waals surface area contributed by atoms with Crippen molar-refractivity contribution in [1.82, 2.24) is 10.2 Å². The molecule has 1 fully saturated rings. The Morgan fingerprint density at radius 2 is 1.74 bits per heavy atom. The molecule has 0 aromatic heterocycles. The first-order valence-electron chi connectivity index (χ1n) is 18.0. The first-order valence-corrected chi connectivity index (χ1v) is 18.0. The van der Waals surface area contributed by atoms with Crippen molar-refractivity contribution in [1.29, 1.82) is 0 Å². The van der Waals surface area contributed by atoms with Crippen molar-refractivity contribution in [3.63, 3.8) is 0 Å². The van der Waals surface area contributed by atoms with Crippen molar-refractivity contribution in [3.05, 3.63) is 59.2 Å². The van der Waals surface area contributed by atoms with Crippen LogP contribution in [0, 0.1) is 11.3 Å². The molecule has 2 aliphatic heterocycles. The summed E-state index contributed by atoms with van der Waals surface area (Å²) < 4.78 is 28.9. The predicted octanol–water partition coefficient (Wildman–Crippen LogP) is 4.50. The molecule has 0 radical (unpaired) electrons. The van der Waals surface area contributed by atoms with Crippen LogP contribution in [0.3, 0.4) is 0 Å². The van der Waals surface area contributed by atoms with Gasteiger partial charge in [0.1, 0.15) is 12.4 Å². The van der Waals surface area contributed by atoms with Gasteiger partial charge in [-0.15, -0.1) is 0 Å². The molecule has 278 valence electrons. The van der Waals surface area contributed by atoms with Gasteiger partial charge >= 0.3 is 0 Å². The van der Waals surface area contributed by atoms with Crippen molar-refractivity contribution in [2.24, 2.45) is 17.1 Å². The Morgan fingerprint density at radius 3 is 2.42 bits per heavy atom. The van der Waals surface area contributed by atoms with Gasteiger partial charge in [-0.2, -0.15) is 0 Å². The highest BCUT2D eigenvalue weighted by molar-refractivity contribution is 5.83. The first-order chi connectivity index (χ1) is 24.0. The Hall–Kier alpha value is -3.22. The number of amides is 2. The molecule has 2 amide bonds. The number of carbonyl (C=O) groups excluding carboxylic acids is 2. The van der Waals surface area contributed by atoms with E-state index in [-0.39, 0.29) is 35.8 Å². The van der Waals surface area contributed by atoms with E-state index < -0.39 is 11.5 Å². The van der Waals surface area contributed by atoms with Crippen molar-refractivity contribution < 1.29 is 33.3 Å². The molecule has 2 heterocycles. The van der Waals surface area contributed by atoms with E-state index in [2.05, 4.69) is 46.6 Å². The Bertz CT molecular complexity index is 1370. The minimum absolute atomic E-state index is 0.0187. The molecular formula is C39H60N4O7. The highest BCUT2D eigenvalue weighted by atomic mass is 16.5. The fraction of sp³-hybridized carbons (Fsp3) is 0.641. The van der Waals surface area contributed by atoms with Crippen LogP contribution >= 0.6 is 0 Å². The number of nitrogens with one attached hydrogen (secondary N) is 1. The van der Waals surface area contributed by atoms with Crippen LogP contribution in [0.5, 0.6) is 5.75 Å². The van der Waals surface area contributed by atoms with Gasteiger partial charge in [-0.25, -0.2) is 0 Å². The summed E-state index contributed by atoms with van der Waals surface area (Å²) in [6.07, 6.45) is 1.77. The van der Waals surface area contributed by atoms with E-state index in [9.17, 15) is 9.59 Å². The van der Waals surface area contributed by atoms with E-state index in [0.717, 1.165) is 47.6 Å². The maximum absolute atomic E-state index is 14.0. The molecule has 0 unspecified atom stereocenters. The van der Waals surface area contributed by atoms with Crippen LogP contribution in [0.1, 0.15) is 69.6 Å². The average Bonchev–Trinajstić information content (AvgIpc) is 3.11. The number of anilines is 1. The van der Waals surface area contributed by atoms with Crippen molar-refractivity contribution in [3.8, 4) is 5.75 Å². The molecule has 2 aromatic rings. The van der Waals surface area contributed by atoms with Crippen LogP contribution in [0.25, 0.3) is 0 Å². The SMILES string of the molecule is CNC(=O)C(C)(C)C[C@H]1C[C@H](c2ccc(COCCOC)cc2)[C@@H](OCc2ccc3c(c2)N(CCCOC)CCO3)CN1C(=O)[C@@H](N)C(C)C. The lowest BCUT2D eigenvalue weighted by Crippen LogP contribution is -2.58. The molecule has 1 saturated heterocycles. The lowest BCUT2D eigenvalue weighted by Gasteiger charge is -2.47. The molecule has 11 heteroatoms. The number of likely N-dealkylation sites (tertiary alicyclic amines) is 1. The van der Waals surface area contributed by atoms with Crippen LogP contribution < -0.4 is 20.7 Å². The average molecular weight is 697 g/mol. The van der Waals surface area contributed by atoms with Crippen LogP contribution in [-0.4, -0.2) is 102 Å². The molecule has 4 atom stereocenters. The van der Waals surface area contributed by atoms with Crippen LogP contribution in [-0.2, 0) is 41.8 Å². The quantitative estimate of drug-likeness (QED) is 0.217. The van der Waals surface area contributed by atoms with E-state index in [1.807, 2.05) is 38.7 Å². The van der Waals surface area contributed by atoms with Gasteiger partial charge in [0.2, 0.25) is 11.8 Å². The number of rotatable bonds is 18. The van der Waals surface area contributed by atoms with Gasteiger partial charge in [-0.05, 0) is 54.0 Å². The summed E-state index contributed by atoms with van der Waals surface area (Å²) in [6.45, 7) is 13.2. The zero-order chi connectivity index (χ0) is 36.3. The molecule has 0 saturated carbocycles. The molecule has 4 rings (SSSR count). The maximum Gasteiger partial charge on any atom is 0.240 e. The monoisotopic (exact) mass is 696 g/mol. The highest BCUT2D eigenvalue weighted by Crippen LogP contribution is 2.40. The van der Waals surface area contributed by atoms with E-state index in [1.165, 1.54) is 0 Å². The lowest BCUT2D eigenvalue weighted by atomic mass is 9.76. The number of carbonyl (C=O) groups is 2. The van der Waals surface area contributed by atoms with Crippen LogP contribution in [0.15, 0.2) is 42.5 Å². The van der Waals surface area contributed by atoms with Crippen molar-refractivity contribution >= 4 is 17.5 Å². The Morgan fingerprint density at radius 1 is 1.02 bits per heavy atom. The smallest absolute Gasteiger partial charge is 0.240 e. The number of methoxy groups -OCH3 is 2. The molecule has 0 aliphatic carbocycles. The number of hydrogen-bond acceptors (Lipinski definition) is 9. The van der Waals surface area contributed by atoms with Gasteiger partial charge in [0.25, 0.3) is 0 Å². The van der Waals surface area contributed by atoms with Gasteiger partial charge in [0, 0.05) is 58.3 Å². The summed E-state index contributed by atoms with van der Waals surface area (Å²) >= 11 is 0. The summed E-state index contributed by atoms with van der Waals surface area (Å²) in [4.78, 5) is 31.2. The van der Waals surface area contributed by atoms with Crippen LogP contribution in [0.2, 0.25) is 0 Å². The summed E-state index contributed by atoms with van der Waals surface area (Å²) in [6, 6.07) is 13.8. The predicted molar refractivity (Wildman–Crippen MR) is 195 cm³/mol. The first kappa shape index (κ1) is 39.6. The Balaban J connectivity index is 1.63. The molecule has 11 nitrogen and oxygen atoms in total. The van der Waals surface area contributed by atoms with E-state index in [1.54, 1.807) is 21.3 Å². The second-order valence-electron chi connectivity index (χ2n) is 14.5. The number of benzene rings is 2. The van der Waals surface area contributed by atoms with E-state index in [4.69, 9.17) is 29.4 Å². The second-order valence-corrected chi connectivity index (χ2v) is 14.5. The largest absolute Gasteiger partial charge is 0.490 e. The minimum Gasteiger partial charge on any atom is -0.490 e. The number of nitrogens with zero attached hydrogens (tertiary/aromatic N) is 2. The maximum atomic E-state index is 14.0. The molecule has 2 aliphatic rings. The number of hydrogen-bond donors (Lipinski definition) is 2. The Kier molecular flexibility index (Phi) is 14.9. The van der Waals surface area contributed by atoms with E-state index in [0.29, 0.717) is 59.0 Å². The standard InChI is InChI=1S/C39H60N4O7/c1-27(2)36(40)37(44)43-24-35(50-26-29-11-14-34-33(21-29)42(16-18-49-34)15-8-17-46-6)32(22-31(43)23-39(3,4)38(45)41-5)30-12-9-28(10-13-30)25-48-20-19-47-7/h9-14,21,27,31-32,35-36H,8,15-20,22-26,40H2,1-7H3,(H,41,45)/t31-,32-,35+,36+/m1/s1. The van der Waals surface area contributed by atoms with Gasteiger partial charge in [0.15, 0.2) is 0 Å². The molecule has 0 spiro atoms. The minimum atomic E-state index is -0.693. The zero-order valence-electron chi connectivity index (χ0n) is 31.2.